The van der Waals surface area contributed by atoms with Crippen molar-refractivity contribution in [3.8, 4) is 0 Å². The van der Waals surface area contributed by atoms with Gasteiger partial charge in [-0.2, -0.15) is 13.2 Å². The van der Waals surface area contributed by atoms with Gasteiger partial charge >= 0.3 is 6.18 Å². The maximum absolute atomic E-state index is 13.3. The molecular weight excluding hydrogens is 345 g/mol. The second-order valence-electron chi connectivity index (χ2n) is 8.02. The van der Waals surface area contributed by atoms with Crippen molar-refractivity contribution in [3.63, 3.8) is 0 Å². The van der Waals surface area contributed by atoms with E-state index < -0.39 is 18.0 Å². The Hall–Kier alpha value is -1.27. The Morgan fingerprint density at radius 2 is 1.27 bits per heavy atom. The lowest BCUT2D eigenvalue weighted by atomic mass is 9.77. The predicted octanol–water partition coefficient (Wildman–Crippen LogP) is 3.61. The van der Waals surface area contributed by atoms with Gasteiger partial charge < -0.3 is 9.80 Å². The molecule has 3 fully saturated rings. The molecule has 2 aliphatic heterocycles. The van der Waals surface area contributed by atoms with Crippen LogP contribution >= 0.6 is 0 Å². The van der Waals surface area contributed by atoms with Gasteiger partial charge in [-0.1, -0.05) is 12.8 Å². The standard InChI is InChI=1S/C19H29F3N2O2/c20-19(21,22)16-7-3-2-6-15(16)18(26)24-12-8-14(9-13-24)17(25)23-10-4-1-5-11-23/h14-16H,1-13H2. The topological polar surface area (TPSA) is 40.6 Å². The van der Waals surface area contributed by atoms with E-state index in [9.17, 15) is 22.8 Å². The minimum absolute atomic E-state index is 0.0593. The van der Waals surface area contributed by atoms with Crippen LogP contribution in [-0.4, -0.2) is 54.0 Å². The van der Waals surface area contributed by atoms with Crippen molar-refractivity contribution >= 4 is 11.8 Å². The molecule has 2 heterocycles. The summed E-state index contributed by atoms with van der Waals surface area (Å²) in [6.45, 7) is 2.44. The normalized spacial score (nSPS) is 28.9. The van der Waals surface area contributed by atoms with Crippen LogP contribution in [0.15, 0.2) is 0 Å². The molecule has 1 saturated carbocycles. The highest BCUT2D eigenvalue weighted by atomic mass is 19.4. The zero-order valence-corrected chi connectivity index (χ0v) is 15.3. The van der Waals surface area contributed by atoms with Gasteiger partial charge in [0.05, 0.1) is 5.92 Å². The first kappa shape index (κ1) is 19.5. The Morgan fingerprint density at radius 1 is 0.692 bits per heavy atom. The summed E-state index contributed by atoms with van der Waals surface area (Å²) in [6, 6.07) is 0. The molecule has 4 nitrogen and oxygen atoms in total. The minimum atomic E-state index is -4.30. The van der Waals surface area contributed by atoms with Crippen LogP contribution in [0.3, 0.4) is 0 Å². The quantitative estimate of drug-likeness (QED) is 0.741. The third-order valence-corrected chi connectivity index (χ3v) is 6.33. The van der Waals surface area contributed by atoms with E-state index in [2.05, 4.69) is 0 Å². The van der Waals surface area contributed by atoms with E-state index in [1.165, 1.54) is 6.42 Å². The smallest absolute Gasteiger partial charge is 0.342 e. The number of hydrogen-bond acceptors (Lipinski definition) is 2. The van der Waals surface area contributed by atoms with E-state index in [1.807, 2.05) is 4.90 Å². The van der Waals surface area contributed by atoms with Crippen LogP contribution in [0.1, 0.15) is 57.8 Å². The number of nitrogens with zero attached hydrogens (tertiary/aromatic N) is 2. The molecule has 0 N–H and O–H groups in total. The van der Waals surface area contributed by atoms with Crippen molar-refractivity contribution in [2.75, 3.05) is 26.2 Å². The summed E-state index contributed by atoms with van der Waals surface area (Å²) < 4.78 is 39.8. The van der Waals surface area contributed by atoms with E-state index in [0.717, 1.165) is 25.9 Å². The first-order chi connectivity index (χ1) is 12.4. The Morgan fingerprint density at radius 3 is 1.88 bits per heavy atom. The fraction of sp³-hybridized carbons (Fsp3) is 0.895. The number of halogens is 3. The Bertz CT molecular complexity index is 509. The van der Waals surface area contributed by atoms with Crippen LogP contribution in [0.5, 0.6) is 0 Å². The molecule has 3 aliphatic rings. The third kappa shape index (κ3) is 4.34. The van der Waals surface area contributed by atoms with Crippen LogP contribution in [0, 0.1) is 17.8 Å². The molecule has 26 heavy (non-hydrogen) atoms. The zero-order chi connectivity index (χ0) is 18.7. The summed E-state index contributed by atoms with van der Waals surface area (Å²) >= 11 is 0. The molecule has 2 atom stereocenters. The molecule has 0 aromatic carbocycles. The molecule has 2 unspecified atom stereocenters. The lowest BCUT2D eigenvalue weighted by Gasteiger charge is -2.39. The summed E-state index contributed by atoms with van der Waals surface area (Å²) in [4.78, 5) is 28.8. The minimum Gasteiger partial charge on any atom is -0.342 e. The van der Waals surface area contributed by atoms with E-state index >= 15 is 0 Å². The van der Waals surface area contributed by atoms with Crippen LogP contribution in [-0.2, 0) is 9.59 Å². The molecule has 0 aromatic rings. The van der Waals surface area contributed by atoms with Crippen LogP contribution in [0.2, 0.25) is 0 Å². The molecular formula is C19H29F3N2O2. The SMILES string of the molecule is O=C(C1CCN(C(=O)C2CCCCC2C(F)(F)F)CC1)N1CCCCC1. The maximum atomic E-state index is 13.3. The largest absolute Gasteiger partial charge is 0.392 e. The van der Waals surface area contributed by atoms with Gasteiger partial charge in [0.2, 0.25) is 11.8 Å². The van der Waals surface area contributed by atoms with Crippen molar-refractivity contribution in [3.05, 3.63) is 0 Å². The van der Waals surface area contributed by atoms with Crippen molar-refractivity contribution < 1.29 is 22.8 Å². The van der Waals surface area contributed by atoms with Crippen molar-refractivity contribution in [2.24, 2.45) is 17.8 Å². The number of alkyl halides is 3. The average Bonchev–Trinajstić information content (AvgIpc) is 2.67. The number of amides is 2. The number of rotatable bonds is 2. The van der Waals surface area contributed by atoms with Gasteiger partial charge in [-0.25, -0.2) is 0 Å². The first-order valence-electron chi connectivity index (χ1n) is 10.0. The van der Waals surface area contributed by atoms with E-state index in [-0.39, 0.29) is 24.2 Å². The highest BCUT2D eigenvalue weighted by Crippen LogP contribution is 2.42. The summed E-state index contributed by atoms with van der Waals surface area (Å²) in [5.74, 6) is -2.70. The van der Waals surface area contributed by atoms with Gasteiger partial charge in [0.25, 0.3) is 0 Å². The second kappa shape index (κ2) is 8.17. The molecule has 148 valence electrons. The van der Waals surface area contributed by atoms with Crippen molar-refractivity contribution in [2.45, 2.75) is 64.0 Å². The molecule has 7 heteroatoms. The molecule has 3 rings (SSSR count). The Balaban J connectivity index is 1.55. The summed E-state index contributed by atoms with van der Waals surface area (Å²) in [5, 5.41) is 0. The second-order valence-corrected chi connectivity index (χ2v) is 8.02. The van der Waals surface area contributed by atoms with Gasteiger partial charge in [-0.05, 0) is 44.9 Å². The highest BCUT2D eigenvalue weighted by Gasteiger charge is 2.49. The molecule has 0 spiro atoms. The van der Waals surface area contributed by atoms with Gasteiger partial charge in [-0.3, -0.25) is 9.59 Å². The van der Waals surface area contributed by atoms with Gasteiger partial charge in [0.15, 0.2) is 0 Å². The number of likely N-dealkylation sites (tertiary alicyclic amines) is 2. The lowest BCUT2D eigenvalue weighted by Crippen LogP contribution is -2.49. The Labute approximate surface area is 153 Å². The molecule has 0 radical (unpaired) electrons. The molecule has 2 amide bonds. The van der Waals surface area contributed by atoms with Crippen molar-refractivity contribution in [1.82, 2.24) is 9.80 Å². The van der Waals surface area contributed by atoms with Crippen LogP contribution < -0.4 is 0 Å². The summed E-state index contributed by atoms with van der Waals surface area (Å²) in [6.07, 6.45) is 1.72. The Kier molecular flexibility index (Phi) is 6.13. The van der Waals surface area contributed by atoms with E-state index in [1.54, 1.807) is 4.90 Å². The number of carbonyl (C=O) groups excluding carboxylic acids is 2. The fourth-order valence-electron chi connectivity index (χ4n) is 4.77. The van der Waals surface area contributed by atoms with Gasteiger partial charge in [0, 0.05) is 38.0 Å². The maximum Gasteiger partial charge on any atom is 0.392 e. The lowest BCUT2D eigenvalue weighted by molar-refractivity contribution is -0.201. The fourth-order valence-corrected chi connectivity index (χ4v) is 4.77. The molecule has 1 aliphatic carbocycles. The third-order valence-electron chi connectivity index (χ3n) is 6.33. The number of piperidine rings is 2. The van der Waals surface area contributed by atoms with Crippen molar-refractivity contribution in [1.29, 1.82) is 0 Å². The first-order valence-corrected chi connectivity index (χ1v) is 10.0. The monoisotopic (exact) mass is 374 g/mol. The molecule has 0 bridgehead atoms. The van der Waals surface area contributed by atoms with Gasteiger partial charge in [-0.15, -0.1) is 0 Å². The summed E-state index contributed by atoms with van der Waals surface area (Å²) in [5.41, 5.74) is 0. The molecule has 0 aromatic heterocycles. The van der Waals surface area contributed by atoms with Crippen LogP contribution in [0.25, 0.3) is 0 Å². The molecule has 2 saturated heterocycles. The average molecular weight is 374 g/mol. The van der Waals surface area contributed by atoms with E-state index in [0.29, 0.717) is 45.2 Å². The zero-order valence-electron chi connectivity index (χ0n) is 15.3. The van der Waals surface area contributed by atoms with Gasteiger partial charge in [0.1, 0.15) is 0 Å². The van der Waals surface area contributed by atoms with E-state index in [4.69, 9.17) is 0 Å². The number of hydrogen-bond donors (Lipinski definition) is 0. The predicted molar refractivity (Wildman–Crippen MR) is 91.2 cm³/mol. The number of carbonyl (C=O) groups is 2. The summed E-state index contributed by atoms with van der Waals surface area (Å²) in [7, 11) is 0. The van der Waals surface area contributed by atoms with Crippen LogP contribution in [0.4, 0.5) is 13.2 Å². The highest BCUT2D eigenvalue weighted by molar-refractivity contribution is 5.81.